The van der Waals surface area contributed by atoms with Crippen molar-refractivity contribution >= 4 is 32.6 Å². The Balaban J connectivity index is 1.07. The highest BCUT2D eigenvalue weighted by Gasteiger charge is 2.16. The summed E-state index contributed by atoms with van der Waals surface area (Å²) >= 11 is 0. The van der Waals surface area contributed by atoms with Crippen molar-refractivity contribution in [3.05, 3.63) is 194 Å². The predicted molar refractivity (Wildman–Crippen MR) is 219 cm³/mol. The van der Waals surface area contributed by atoms with E-state index < -0.39 is 0 Å². The van der Waals surface area contributed by atoms with E-state index in [1.54, 1.807) is 11.0 Å². The Morgan fingerprint density at radius 2 is 0.887 bits per heavy atom. The van der Waals surface area contributed by atoms with E-state index in [0.717, 1.165) is 50.1 Å². The zero-order chi connectivity index (χ0) is 35.1. The Hall–Kier alpha value is -7.17. The minimum absolute atomic E-state index is 0.838. The van der Waals surface area contributed by atoms with Crippen LogP contribution in [0.3, 0.4) is 0 Å². The summed E-state index contributed by atoms with van der Waals surface area (Å²) in [7, 11) is 0. The highest BCUT2D eigenvalue weighted by molar-refractivity contribution is 6.00. The van der Waals surface area contributed by atoms with E-state index in [0.29, 0.717) is 0 Å². The molecule has 0 saturated carbocycles. The third kappa shape index (κ3) is 5.63. The molecule has 4 nitrogen and oxygen atoms in total. The summed E-state index contributed by atoms with van der Waals surface area (Å²) in [6.45, 7) is 0. The number of aromatic nitrogens is 4. The topological polar surface area (TPSA) is 43.6 Å². The van der Waals surface area contributed by atoms with E-state index in [2.05, 4.69) is 181 Å². The van der Waals surface area contributed by atoms with Crippen LogP contribution in [0.2, 0.25) is 0 Å². The standard InChI is InChI=1S/C49H32N4/c1-3-13-43-35(8-1)10-5-15-45(43)37-19-17-34(18-20-37)41-30-47(39-23-21-38(22-24-39)46-16-6-11-36-9-2-4-14-44(36)46)49-48(31-41)51-53(52-49)42-27-25-33(26-28-42)40-12-7-29-50-32-40/h1-32H. The highest BCUT2D eigenvalue weighted by atomic mass is 15.5. The Morgan fingerprint density at radius 3 is 1.49 bits per heavy atom. The van der Waals surface area contributed by atoms with E-state index in [-0.39, 0.29) is 0 Å². The van der Waals surface area contributed by atoms with Crippen molar-refractivity contribution in [1.29, 1.82) is 0 Å². The van der Waals surface area contributed by atoms with E-state index in [4.69, 9.17) is 10.2 Å². The smallest absolute Gasteiger partial charge is 0.121 e. The summed E-state index contributed by atoms with van der Waals surface area (Å²) < 4.78 is 0. The molecule has 0 unspecified atom stereocenters. The van der Waals surface area contributed by atoms with Gasteiger partial charge in [-0.05, 0) is 102 Å². The lowest BCUT2D eigenvalue weighted by atomic mass is 9.93. The molecule has 0 aliphatic rings. The molecular formula is C49H32N4. The van der Waals surface area contributed by atoms with Crippen molar-refractivity contribution < 1.29 is 0 Å². The number of hydrogen-bond acceptors (Lipinski definition) is 3. The van der Waals surface area contributed by atoms with Crippen LogP contribution in [-0.2, 0) is 0 Å². The summed E-state index contributed by atoms with van der Waals surface area (Å²) in [5, 5.41) is 15.1. The molecule has 0 bridgehead atoms. The van der Waals surface area contributed by atoms with Gasteiger partial charge in [-0.2, -0.15) is 4.80 Å². The number of fused-ring (bicyclic) bond motifs is 3. The molecular weight excluding hydrogens is 645 g/mol. The van der Waals surface area contributed by atoms with Crippen LogP contribution in [0.1, 0.15) is 0 Å². The molecule has 10 aromatic rings. The van der Waals surface area contributed by atoms with Gasteiger partial charge in [0, 0.05) is 18.0 Å². The maximum Gasteiger partial charge on any atom is 0.121 e. The van der Waals surface area contributed by atoms with Gasteiger partial charge in [-0.25, -0.2) is 0 Å². The van der Waals surface area contributed by atoms with Gasteiger partial charge in [0.1, 0.15) is 11.0 Å². The lowest BCUT2D eigenvalue weighted by molar-refractivity contribution is 0.766. The monoisotopic (exact) mass is 676 g/mol. The van der Waals surface area contributed by atoms with Gasteiger partial charge in [0.15, 0.2) is 0 Å². The van der Waals surface area contributed by atoms with Crippen molar-refractivity contribution in [2.75, 3.05) is 0 Å². The summed E-state index contributed by atoms with van der Waals surface area (Å²) in [6, 6.07) is 64.6. The van der Waals surface area contributed by atoms with Gasteiger partial charge >= 0.3 is 0 Å². The third-order valence-corrected chi connectivity index (χ3v) is 10.2. The Kier molecular flexibility index (Phi) is 7.43. The van der Waals surface area contributed by atoms with E-state index in [1.807, 2.05) is 12.3 Å². The van der Waals surface area contributed by atoms with Crippen molar-refractivity contribution in [3.63, 3.8) is 0 Å². The number of benzene rings is 8. The maximum absolute atomic E-state index is 5.09. The molecule has 248 valence electrons. The second-order valence-electron chi connectivity index (χ2n) is 13.4. The largest absolute Gasteiger partial charge is 0.264 e. The van der Waals surface area contributed by atoms with Crippen LogP contribution in [0, 0.1) is 0 Å². The molecule has 4 heteroatoms. The zero-order valence-corrected chi connectivity index (χ0v) is 28.8. The third-order valence-electron chi connectivity index (χ3n) is 10.2. The molecule has 0 aliphatic carbocycles. The number of hydrogen-bond donors (Lipinski definition) is 0. The molecule has 53 heavy (non-hydrogen) atoms. The summed E-state index contributed by atoms with van der Waals surface area (Å²) in [6.07, 6.45) is 3.67. The quantitative estimate of drug-likeness (QED) is 0.176. The van der Waals surface area contributed by atoms with E-state index in [1.165, 1.54) is 43.8 Å². The fourth-order valence-corrected chi connectivity index (χ4v) is 7.47. The van der Waals surface area contributed by atoms with Gasteiger partial charge < -0.3 is 0 Å². The van der Waals surface area contributed by atoms with Gasteiger partial charge in [0.25, 0.3) is 0 Å². The fourth-order valence-electron chi connectivity index (χ4n) is 7.47. The van der Waals surface area contributed by atoms with Crippen LogP contribution in [0.5, 0.6) is 0 Å². The molecule has 0 aliphatic heterocycles. The van der Waals surface area contributed by atoms with Crippen LogP contribution in [-0.4, -0.2) is 20.0 Å². The van der Waals surface area contributed by atoms with E-state index >= 15 is 0 Å². The normalized spacial score (nSPS) is 11.4. The number of nitrogens with zero attached hydrogens (tertiary/aromatic N) is 4. The Bertz CT molecular complexity index is 2900. The average molecular weight is 677 g/mol. The maximum atomic E-state index is 5.09. The summed E-state index contributed by atoms with van der Waals surface area (Å²) in [4.78, 5) is 6.03. The fraction of sp³-hybridized carbons (Fsp3) is 0. The summed E-state index contributed by atoms with van der Waals surface area (Å²) in [5.41, 5.74) is 13.9. The van der Waals surface area contributed by atoms with Crippen molar-refractivity contribution in [2.24, 2.45) is 0 Å². The van der Waals surface area contributed by atoms with E-state index in [9.17, 15) is 0 Å². The number of rotatable bonds is 6. The molecule has 0 spiro atoms. The summed E-state index contributed by atoms with van der Waals surface area (Å²) in [5.74, 6) is 0. The molecule has 0 fully saturated rings. The van der Waals surface area contributed by atoms with Crippen LogP contribution < -0.4 is 0 Å². The average Bonchev–Trinajstić information content (AvgIpc) is 3.68. The molecule has 0 N–H and O–H groups in total. The predicted octanol–water partition coefficient (Wildman–Crippen LogP) is 12.5. The molecule has 10 rings (SSSR count). The lowest BCUT2D eigenvalue weighted by Gasteiger charge is -2.11. The van der Waals surface area contributed by atoms with Gasteiger partial charge in [-0.15, -0.1) is 10.2 Å². The van der Waals surface area contributed by atoms with Crippen LogP contribution in [0.15, 0.2) is 194 Å². The first-order valence-corrected chi connectivity index (χ1v) is 17.8. The SMILES string of the molecule is c1cncc(-c2ccc(-n3nc4cc(-c5ccc(-c6cccc7ccccc67)cc5)cc(-c5ccc(-c6cccc7ccccc67)cc5)c4n3)cc2)c1. The van der Waals surface area contributed by atoms with Gasteiger partial charge in [0.2, 0.25) is 0 Å². The molecule has 0 radical (unpaired) electrons. The van der Waals surface area contributed by atoms with Crippen molar-refractivity contribution in [1.82, 2.24) is 20.0 Å². The Morgan fingerprint density at radius 1 is 0.358 bits per heavy atom. The molecule has 8 aromatic carbocycles. The number of pyridine rings is 1. The molecule has 0 amide bonds. The zero-order valence-electron chi connectivity index (χ0n) is 28.8. The first-order chi connectivity index (χ1) is 26.2. The molecule has 2 heterocycles. The Labute approximate surface area is 307 Å². The van der Waals surface area contributed by atoms with Crippen LogP contribution >= 0.6 is 0 Å². The minimum Gasteiger partial charge on any atom is -0.264 e. The van der Waals surface area contributed by atoms with Crippen molar-refractivity contribution in [3.8, 4) is 61.3 Å². The molecule has 0 atom stereocenters. The van der Waals surface area contributed by atoms with Gasteiger partial charge in [-0.3, -0.25) is 4.98 Å². The van der Waals surface area contributed by atoms with Gasteiger partial charge in [-0.1, -0.05) is 152 Å². The minimum atomic E-state index is 0.838. The van der Waals surface area contributed by atoms with Crippen LogP contribution in [0.4, 0.5) is 0 Å². The molecule has 2 aromatic heterocycles. The lowest BCUT2D eigenvalue weighted by Crippen LogP contribution is -1.98. The van der Waals surface area contributed by atoms with Crippen molar-refractivity contribution in [2.45, 2.75) is 0 Å². The van der Waals surface area contributed by atoms with Crippen LogP contribution in [0.25, 0.3) is 93.9 Å². The first kappa shape index (κ1) is 30.6. The van der Waals surface area contributed by atoms with Gasteiger partial charge in [0.05, 0.1) is 5.69 Å². The second-order valence-corrected chi connectivity index (χ2v) is 13.4. The first-order valence-electron chi connectivity index (χ1n) is 17.8. The highest BCUT2D eigenvalue weighted by Crippen LogP contribution is 2.37. The second kappa shape index (κ2) is 12.9. The molecule has 0 saturated heterocycles.